The molecule has 2 aromatic rings. The van der Waals surface area contributed by atoms with E-state index >= 15 is 0 Å². The SMILES string of the molecule is C[C@H](c1ncc(-c2ccc(OC(F)(F)F)cc2)[nH]1)C1COC1. The van der Waals surface area contributed by atoms with Gasteiger partial charge < -0.3 is 14.5 Å². The zero-order chi connectivity index (χ0) is 15.7. The molecule has 1 atom stereocenters. The van der Waals surface area contributed by atoms with E-state index in [2.05, 4.69) is 21.6 Å². The Bertz CT molecular complexity index is 633. The molecule has 0 spiro atoms. The first kappa shape index (κ1) is 14.9. The van der Waals surface area contributed by atoms with Gasteiger partial charge in [0.2, 0.25) is 0 Å². The van der Waals surface area contributed by atoms with Crippen LogP contribution in [-0.4, -0.2) is 29.5 Å². The standard InChI is InChI=1S/C15H15F3N2O2/c1-9(11-7-21-8-11)14-19-6-13(20-14)10-2-4-12(5-3-10)22-15(16,17)18/h2-6,9,11H,7-8H2,1H3,(H,19,20)/t9-/m0/s1. The van der Waals surface area contributed by atoms with Crippen molar-refractivity contribution in [2.45, 2.75) is 19.2 Å². The van der Waals surface area contributed by atoms with Gasteiger partial charge in [0.15, 0.2) is 0 Å². The molecular weight excluding hydrogens is 297 g/mol. The number of hydrogen-bond donors (Lipinski definition) is 1. The molecule has 0 bridgehead atoms. The van der Waals surface area contributed by atoms with Crippen molar-refractivity contribution in [3.8, 4) is 17.0 Å². The topological polar surface area (TPSA) is 47.1 Å². The highest BCUT2D eigenvalue weighted by Gasteiger charge is 2.31. The van der Waals surface area contributed by atoms with Crippen LogP contribution in [0.4, 0.5) is 13.2 Å². The first-order chi connectivity index (χ1) is 10.4. The molecule has 0 unspecified atom stereocenters. The summed E-state index contributed by atoms with van der Waals surface area (Å²) in [6.07, 6.45) is -2.99. The number of ether oxygens (including phenoxy) is 2. The Balaban J connectivity index is 1.73. The average Bonchev–Trinajstić information content (AvgIpc) is 2.85. The number of hydrogen-bond acceptors (Lipinski definition) is 3. The third-order valence-electron chi connectivity index (χ3n) is 3.80. The molecular formula is C15H15F3N2O2. The average molecular weight is 312 g/mol. The summed E-state index contributed by atoms with van der Waals surface area (Å²) in [6.45, 7) is 3.55. The number of nitrogens with one attached hydrogen (secondary N) is 1. The first-order valence-electron chi connectivity index (χ1n) is 6.91. The highest BCUT2D eigenvalue weighted by molar-refractivity contribution is 5.59. The van der Waals surface area contributed by atoms with Crippen molar-refractivity contribution >= 4 is 0 Å². The van der Waals surface area contributed by atoms with E-state index in [9.17, 15) is 13.2 Å². The molecule has 1 aromatic heterocycles. The van der Waals surface area contributed by atoms with E-state index < -0.39 is 6.36 Å². The molecule has 1 aliphatic rings. The Labute approximate surface area is 125 Å². The summed E-state index contributed by atoms with van der Waals surface area (Å²) in [4.78, 5) is 7.57. The highest BCUT2D eigenvalue weighted by Crippen LogP contribution is 2.30. The normalized spacial score (nSPS) is 17.1. The fourth-order valence-electron chi connectivity index (χ4n) is 2.32. The van der Waals surface area contributed by atoms with Crippen molar-refractivity contribution in [2.75, 3.05) is 13.2 Å². The maximum absolute atomic E-state index is 12.1. The number of H-pyrrole nitrogens is 1. The Morgan fingerprint density at radius 1 is 1.27 bits per heavy atom. The Kier molecular flexibility index (Phi) is 3.82. The Hall–Kier alpha value is -2.02. The lowest BCUT2D eigenvalue weighted by molar-refractivity contribution is -0.274. The second-order valence-electron chi connectivity index (χ2n) is 5.34. The monoisotopic (exact) mass is 312 g/mol. The minimum absolute atomic E-state index is 0.240. The molecule has 0 saturated carbocycles. The molecule has 0 amide bonds. The third-order valence-corrected chi connectivity index (χ3v) is 3.80. The molecule has 4 nitrogen and oxygen atoms in total. The van der Waals surface area contributed by atoms with Crippen LogP contribution >= 0.6 is 0 Å². The maximum Gasteiger partial charge on any atom is 0.573 e. The van der Waals surface area contributed by atoms with Crippen LogP contribution in [0.25, 0.3) is 11.3 Å². The molecule has 118 valence electrons. The molecule has 1 aromatic carbocycles. The zero-order valence-corrected chi connectivity index (χ0v) is 11.9. The maximum atomic E-state index is 12.1. The third kappa shape index (κ3) is 3.24. The van der Waals surface area contributed by atoms with Gasteiger partial charge in [-0.1, -0.05) is 6.92 Å². The molecule has 0 aliphatic carbocycles. The summed E-state index contributed by atoms with van der Waals surface area (Å²) in [5.74, 6) is 1.34. The predicted octanol–water partition coefficient (Wildman–Crippen LogP) is 3.73. The van der Waals surface area contributed by atoms with Crippen molar-refractivity contribution in [2.24, 2.45) is 5.92 Å². The summed E-state index contributed by atoms with van der Waals surface area (Å²) in [7, 11) is 0. The number of alkyl halides is 3. The molecule has 1 fully saturated rings. The lowest BCUT2D eigenvalue weighted by Crippen LogP contribution is -2.32. The van der Waals surface area contributed by atoms with Crippen LogP contribution in [0.1, 0.15) is 18.7 Å². The van der Waals surface area contributed by atoms with E-state index in [1.165, 1.54) is 12.1 Å². The van der Waals surface area contributed by atoms with Crippen molar-refractivity contribution in [3.63, 3.8) is 0 Å². The van der Waals surface area contributed by atoms with E-state index in [0.29, 0.717) is 5.92 Å². The van der Waals surface area contributed by atoms with Crippen LogP contribution in [0, 0.1) is 5.92 Å². The van der Waals surface area contributed by atoms with Gasteiger partial charge in [0.1, 0.15) is 11.6 Å². The molecule has 1 aliphatic heterocycles. The minimum atomic E-state index is -4.68. The number of halogens is 3. The van der Waals surface area contributed by atoms with E-state index in [-0.39, 0.29) is 11.7 Å². The lowest BCUT2D eigenvalue weighted by Gasteiger charge is -2.30. The number of imidazole rings is 1. The van der Waals surface area contributed by atoms with E-state index in [4.69, 9.17) is 4.74 Å². The van der Waals surface area contributed by atoms with Gasteiger partial charge in [-0.05, 0) is 29.8 Å². The molecule has 0 radical (unpaired) electrons. The van der Waals surface area contributed by atoms with Crippen molar-refractivity contribution in [1.29, 1.82) is 0 Å². The molecule has 3 rings (SSSR count). The largest absolute Gasteiger partial charge is 0.573 e. The fraction of sp³-hybridized carbons (Fsp3) is 0.400. The Morgan fingerprint density at radius 3 is 2.50 bits per heavy atom. The van der Waals surface area contributed by atoms with Crippen LogP contribution in [-0.2, 0) is 4.74 Å². The van der Waals surface area contributed by atoms with Crippen LogP contribution < -0.4 is 4.74 Å². The number of rotatable bonds is 4. The van der Waals surface area contributed by atoms with Gasteiger partial charge in [0, 0.05) is 11.8 Å². The summed E-state index contributed by atoms with van der Waals surface area (Å²) >= 11 is 0. The number of aromatic amines is 1. The predicted molar refractivity (Wildman–Crippen MR) is 73.4 cm³/mol. The van der Waals surface area contributed by atoms with Crippen LogP contribution in [0.5, 0.6) is 5.75 Å². The van der Waals surface area contributed by atoms with Crippen molar-refractivity contribution < 1.29 is 22.6 Å². The van der Waals surface area contributed by atoms with Gasteiger partial charge in [0.25, 0.3) is 0 Å². The molecule has 1 N–H and O–H groups in total. The number of benzene rings is 1. The van der Waals surface area contributed by atoms with Crippen LogP contribution in [0.2, 0.25) is 0 Å². The minimum Gasteiger partial charge on any atom is -0.406 e. The second-order valence-corrected chi connectivity index (χ2v) is 5.34. The fourth-order valence-corrected chi connectivity index (χ4v) is 2.32. The van der Waals surface area contributed by atoms with Crippen LogP contribution in [0.3, 0.4) is 0 Å². The van der Waals surface area contributed by atoms with Crippen molar-refractivity contribution in [1.82, 2.24) is 9.97 Å². The summed E-state index contributed by atoms with van der Waals surface area (Å²) in [5, 5.41) is 0. The first-order valence-corrected chi connectivity index (χ1v) is 6.91. The summed E-state index contributed by atoms with van der Waals surface area (Å²) in [5.41, 5.74) is 1.52. The van der Waals surface area contributed by atoms with Gasteiger partial charge in [-0.15, -0.1) is 13.2 Å². The lowest BCUT2D eigenvalue weighted by atomic mass is 9.92. The van der Waals surface area contributed by atoms with Crippen LogP contribution in [0.15, 0.2) is 30.5 Å². The molecule has 1 saturated heterocycles. The zero-order valence-electron chi connectivity index (χ0n) is 11.9. The molecule has 2 heterocycles. The van der Waals surface area contributed by atoms with E-state index in [0.717, 1.165) is 30.3 Å². The number of nitrogens with zero attached hydrogens (tertiary/aromatic N) is 1. The van der Waals surface area contributed by atoms with Gasteiger partial charge in [0.05, 0.1) is 25.1 Å². The van der Waals surface area contributed by atoms with E-state index in [1.807, 2.05) is 0 Å². The van der Waals surface area contributed by atoms with Crippen molar-refractivity contribution in [3.05, 3.63) is 36.3 Å². The van der Waals surface area contributed by atoms with E-state index in [1.54, 1.807) is 18.3 Å². The van der Waals surface area contributed by atoms with Gasteiger partial charge in [-0.3, -0.25) is 0 Å². The summed E-state index contributed by atoms with van der Waals surface area (Å²) in [6, 6.07) is 5.70. The van der Waals surface area contributed by atoms with Gasteiger partial charge in [-0.25, -0.2) is 4.98 Å². The van der Waals surface area contributed by atoms with Gasteiger partial charge >= 0.3 is 6.36 Å². The quantitative estimate of drug-likeness (QED) is 0.936. The Morgan fingerprint density at radius 2 is 1.95 bits per heavy atom. The van der Waals surface area contributed by atoms with Gasteiger partial charge in [-0.2, -0.15) is 0 Å². The molecule has 22 heavy (non-hydrogen) atoms. The molecule has 7 heteroatoms. The summed E-state index contributed by atoms with van der Waals surface area (Å²) < 4.78 is 45.4. The smallest absolute Gasteiger partial charge is 0.406 e. The second kappa shape index (κ2) is 5.64. The highest BCUT2D eigenvalue weighted by atomic mass is 19.4. The number of aromatic nitrogens is 2.